The Hall–Kier alpha value is -2.16. The number of anilines is 1. The van der Waals surface area contributed by atoms with Crippen LogP contribution in [0.3, 0.4) is 0 Å². The fourth-order valence-corrected chi connectivity index (χ4v) is 2.76. The van der Waals surface area contributed by atoms with E-state index in [1.54, 1.807) is 0 Å². The van der Waals surface area contributed by atoms with E-state index in [1.165, 1.54) is 35.2 Å². The molecular weight excluding hydrogens is 262 g/mol. The van der Waals surface area contributed by atoms with Crippen molar-refractivity contribution >= 4 is 5.69 Å². The van der Waals surface area contributed by atoms with E-state index < -0.39 is 0 Å². The molecule has 1 heterocycles. The molecule has 0 bridgehead atoms. The molecule has 3 nitrogen and oxygen atoms in total. The second kappa shape index (κ2) is 4.99. The Balaban J connectivity index is 1.72. The highest BCUT2D eigenvalue weighted by atomic mass is 16.6. The zero-order valence-electron chi connectivity index (χ0n) is 12.2. The van der Waals surface area contributed by atoms with Crippen LogP contribution in [-0.4, -0.2) is 19.3 Å². The van der Waals surface area contributed by atoms with Gasteiger partial charge in [0, 0.05) is 11.7 Å². The maximum Gasteiger partial charge on any atom is 0.161 e. The molecule has 1 N–H and O–H groups in total. The predicted molar refractivity (Wildman–Crippen MR) is 84.2 cm³/mol. The van der Waals surface area contributed by atoms with Crippen LogP contribution in [0.25, 0.3) is 11.1 Å². The van der Waals surface area contributed by atoms with Crippen LogP contribution in [0.1, 0.15) is 18.4 Å². The lowest BCUT2D eigenvalue weighted by Gasteiger charge is -2.20. The summed E-state index contributed by atoms with van der Waals surface area (Å²) in [6.07, 6.45) is 2.57. The van der Waals surface area contributed by atoms with Crippen molar-refractivity contribution in [2.75, 3.05) is 18.5 Å². The first-order valence-electron chi connectivity index (χ1n) is 7.57. The molecule has 3 heteroatoms. The highest BCUT2D eigenvalue weighted by molar-refractivity contribution is 5.75. The molecule has 0 aromatic heterocycles. The lowest BCUT2D eigenvalue weighted by atomic mass is 9.98. The van der Waals surface area contributed by atoms with E-state index in [-0.39, 0.29) is 0 Å². The molecule has 108 valence electrons. The van der Waals surface area contributed by atoms with E-state index in [0.717, 1.165) is 11.5 Å². The third-order valence-corrected chi connectivity index (χ3v) is 4.12. The largest absolute Gasteiger partial charge is 0.486 e. The van der Waals surface area contributed by atoms with Crippen LogP contribution in [-0.2, 0) is 0 Å². The first kappa shape index (κ1) is 12.6. The molecule has 0 saturated heterocycles. The van der Waals surface area contributed by atoms with Crippen molar-refractivity contribution in [3.05, 3.63) is 42.0 Å². The first-order valence-corrected chi connectivity index (χ1v) is 7.57. The summed E-state index contributed by atoms with van der Waals surface area (Å²) in [6.45, 7) is 3.43. The van der Waals surface area contributed by atoms with E-state index in [4.69, 9.17) is 9.47 Å². The van der Waals surface area contributed by atoms with E-state index in [0.29, 0.717) is 19.3 Å². The van der Waals surface area contributed by atoms with Gasteiger partial charge in [-0.1, -0.05) is 18.2 Å². The third-order valence-electron chi connectivity index (χ3n) is 4.12. The van der Waals surface area contributed by atoms with Crippen LogP contribution >= 0.6 is 0 Å². The van der Waals surface area contributed by atoms with Gasteiger partial charge in [0.05, 0.1) is 0 Å². The minimum Gasteiger partial charge on any atom is -0.486 e. The summed E-state index contributed by atoms with van der Waals surface area (Å²) in [5, 5.41) is 3.60. The molecule has 1 fully saturated rings. The smallest absolute Gasteiger partial charge is 0.161 e. The summed E-state index contributed by atoms with van der Waals surface area (Å²) < 4.78 is 11.3. The Labute approximate surface area is 124 Å². The van der Waals surface area contributed by atoms with Crippen LogP contribution < -0.4 is 14.8 Å². The van der Waals surface area contributed by atoms with Gasteiger partial charge in [-0.3, -0.25) is 0 Å². The molecule has 21 heavy (non-hydrogen) atoms. The summed E-state index contributed by atoms with van der Waals surface area (Å²) >= 11 is 0. The Bertz CT molecular complexity index is 677. The van der Waals surface area contributed by atoms with Crippen molar-refractivity contribution < 1.29 is 9.47 Å². The third kappa shape index (κ3) is 2.44. The number of hydrogen-bond donors (Lipinski definition) is 1. The molecule has 2 aromatic carbocycles. The van der Waals surface area contributed by atoms with Gasteiger partial charge in [0.2, 0.25) is 0 Å². The predicted octanol–water partition coefficient (Wildman–Crippen LogP) is 4.01. The zero-order chi connectivity index (χ0) is 14.2. The molecule has 0 amide bonds. The fraction of sp³-hybridized carbons (Fsp3) is 0.333. The summed E-state index contributed by atoms with van der Waals surface area (Å²) in [5.41, 5.74) is 4.96. The number of rotatable bonds is 3. The fourth-order valence-electron chi connectivity index (χ4n) is 2.76. The molecule has 0 spiro atoms. The second-order valence-corrected chi connectivity index (χ2v) is 5.76. The van der Waals surface area contributed by atoms with E-state index in [9.17, 15) is 0 Å². The summed E-state index contributed by atoms with van der Waals surface area (Å²) in [4.78, 5) is 0. The molecule has 1 aliphatic carbocycles. The monoisotopic (exact) mass is 281 g/mol. The van der Waals surface area contributed by atoms with Gasteiger partial charge in [0.25, 0.3) is 0 Å². The number of hydrogen-bond acceptors (Lipinski definition) is 3. The molecule has 4 rings (SSSR count). The zero-order valence-corrected chi connectivity index (χ0v) is 12.2. The minimum atomic E-state index is 0.624. The van der Waals surface area contributed by atoms with Gasteiger partial charge in [0.15, 0.2) is 11.5 Å². The van der Waals surface area contributed by atoms with Gasteiger partial charge in [0.1, 0.15) is 13.2 Å². The number of ether oxygens (including phenoxy) is 2. The van der Waals surface area contributed by atoms with Crippen molar-refractivity contribution in [1.82, 2.24) is 0 Å². The number of fused-ring (bicyclic) bond motifs is 1. The topological polar surface area (TPSA) is 30.5 Å². The average Bonchev–Trinajstić information content (AvgIpc) is 3.33. The van der Waals surface area contributed by atoms with Crippen molar-refractivity contribution in [2.24, 2.45) is 0 Å². The SMILES string of the molecule is Cc1c(NC2CC2)cccc1-c1ccc2c(c1)OCCO2. The summed E-state index contributed by atoms with van der Waals surface area (Å²) in [6, 6.07) is 13.3. The molecule has 0 unspecified atom stereocenters. The van der Waals surface area contributed by atoms with Crippen LogP contribution in [0.15, 0.2) is 36.4 Å². The first-order chi connectivity index (χ1) is 10.3. The van der Waals surface area contributed by atoms with Gasteiger partial charge in [-0.2, -0.15) is 0 Å². The van der Waals surface area contributed by atoms with Gasteiger partial charge in [-0.05, 0) is 54.7 Å². The number of nitrogens with one attached hydrogen (secondary N) is 1. The lowest BCUT2D eigenvalue weighted by Crippen LogP contribution is -2.15. The Morgan fingerprint density at radius 3 is 2.62 bits per heavy atom. The normalized spacial score (nSPS) is 16.6. The summed E-state index contributed by atoms with van der Waals surface area (Å²) in [7, 11) is 0. The van der Waals surface area contributed by atoms with E-state index >= 15 is 0 Å². The highest BCUT2D eigenvalue weighted by Crippen LogP contribution is 2.37. The van der Waals surface area contributed by atoms with Crippen LogP contribution in [0, 0.1) is 6.92 Å². The van der Waals surface area contributed by atoms with Crippen LogP contribution in [0.2, 0.25) is 0 Å². The van der Waals surface area contributed by atoms with Crippen molar-refractivity contribution in [2.45, 2.75) is 25.8 Å². The Morgan fingerprint density at radius 2 is 1.81 bits per heavy atom. The maximum atomic E-state index is 5.69. The molecule has 2 aliphatic rings. The Morgan fingerprint density at radius 1 is 1.00 bits per heavy atom. The summed E-state index contributed by atoms with van der Waals surface area (Å²) in [5.74, 6) is 1.69. The van der Waals surface area contributed by atoms with E-state index in [1.807, 2.05) is 6.07 Å². The van der Waals surface area contributed by atoms with Gasteiger partial charge in [-0.15, -0.1) is 0 Å². The van der Waals surface area contributed by atoms with Gasteiger partial charge >= 0.3 is 0 Å². The lowest BCUT2D eigenvalue weighted by molar-refractivity contribution is 0.171. The molecule has 0 atom stereocenters. The van der Waals surface area contributed by atoms with Crippen molar-refractivity contribution in [3.8, 4) is 22.6 Å². The van der Waals surface area contributed by atoms with Crippen molar-refractivity contribution in [1.29, 1.82) is 0 Å². The maximum absolute atomic E-state index is 5.69. The quantitative estimate of drug-likeness (QED) is 0.922. The minimum absolute atomic E-state index is 0.624. The molecule has 1 saturated carbocycles. The van der Waals surface area contributed by atoms with Crippen molar-refractivity contribution in [3.63, 3.8) is 0 Å². The molecule has 1 aliphatic heterocycles. The second-order valence-electron chi connectivity index (χ2n) is 5.76. The van der Waals surface area contributed by atoms with Crippen LogP contribution in [0.5, 0.6) is 11.5 Å². The van der Waals surface area contributed by atoms with Gasteiger partial charge in [-0.25, -0.2) is 0 Å². The molecular formula is C18H19NO2. The van der Waals surface area contributed by atoms with Gasteiger partial charge < -0.3 is 14.8 Å². The average molecular weight is 281 g/mol. The number of benzene rings is 2. The molecule has 2 aromatic rings. The molecule has 0 radical (unpaired) electrons. The highest BCUT2D eigenvalue weighted by Gasteiger charge is 2.22. The standard InChI is InChI=1S/C18H19NO2/c1-12-15(3-2-4-16(12)19-14-6-7-14)13-5-8-17-18(11-13)21-10-9-20-17/h2-5,8,11,14,19H,6-7,9-10H2,1H3. The van der Waals surface area contributed by atoms with E-state index in [2.05, 4.69) is 42.6 Å². The van der Waals surface area contributed by atoms with Crippen LogP contribution in [0.4, 0.5) is 5.69 Å². The Kier molecular flexibility index (Phi) is 2.99.